The van der Waals surface area contributed by atoms with E-state index in [2.05, 4.69) is 37.5 Å². The van der Waals surface area contributed by atoms with Crippen LogP contribution in [0.4, 0.5) is 5.82 Å². The summed E-state index contributed by atoms with van der Waals surface area (Å²) in [7, 11) is 0. The first-order chi connectivity index (χ1) is 13.7. The van der Waals surface area contributed by atoms with Crippen LogP contribution in [0.15, 0.2) is 0 Å². The van der Waals surface area contributed by atoms with Gasteiger partial charge in [-0.25, -0.2) is 9.97 Å². The number of aromatic nitrogens is 2. The Morgan fingerprint density at radius 2 is 1.83 bits per heavy atom. The van der Waals surface area contributed by atoms with E-state index < -0.39 is 0 Å². The van der Waals surface area contributed by atoms with E-state index in [1.54, 1.807) is 0 Å². The number of hydrogen-bond acceptors (Lipinski definition) is 6. The number of rotatable bonds is 3. The van der Waals surface area contributed by atoms with Gasteiger partial charge in [-0.3, -0.25) is 9.69 Å². The van der Waals surface area contributed by atoms with Crippen LogP contribution in [0.25, 0.3) is 10.2 Å². The van der Waals surface area contributed by atoms with E-state index in [0.717, 1.165) is 68.7 Å². The molecule has 2 aliphatic heterocycles. The normalized spacial score (nSPS) is 18.4. The molecule has 4 heterocycles. The summed E-state index contributed by atoms with van der Waals surface area (Å²) in [6.07, 6.45) is 1.68. The Kier molecular flexibility index (Phi) is 5.55. The quantitative estimate of drug-likeness (QED) is 0.768. The maximum Gasteiger partial charge on any atom is 0.223 e. The topological polar surface area (TPSA) is 52.6 Å². The number of thiophene rings is 1. The smallest absolute Gasteiger partial charge is 0.223 e. The lowest BCUT2D eigenvalue weighted by molar-refractivity contribution is -0.133. The highest BCUT2D eigenvalue weighted by atomic mass is 32.1. The number of aryl methyl sites for hydroxylation is 1. The molecule has 1 amide bonds. The van der Waals surface area contributed by atoms with Gasteiger partial charge < -0.3 is 9.80 Å². The summed E-state index contributed by atoms with van der Waals surface area (Å²) in [5.41, 5.74) is 1.49. The monoisotopic (exact) mass is 415 g/mol. The minimum atomic E-state index is 0.0340. The largest absolute Gasteiger partial charge is 0.352 e. The molecule has 2 aromatic heterocycles. The lowest BCUT2D eigenvalue weighted by Gasteiger charge is -2.37. The first kappa shape index (κ1) is 20.5. The van der Waals surface area contributed by atoms with E-state index in [0.29, 0.717) is 6.42 Å². The van der Waals surface area contributed by atoms with Crippen molar-refractivity contribution in [2.45, 2.75) is 54.0 Å². The van der Waals surface area contributed by atoms with Crippen molar-refractivity contribution >= 4 is 33.3 Å². The highest BCUT2D eigenvalue weighted by Gasteiger charge is 2.29. The lowest BCUT2D eigenvalue weighted by Crippen LogP contribution is -2.49. The van der Waals surface area contributed by atoms with Crippen molar-refractivity contribution in [3.63, 3.8) is 0 Å². The van der Waals surface area contributed by atoms with Gasteiger partial charge in [-0.15, -0.1) is 11.3 Å². The average Bonchev–Trinajstić information content (AvgIpc) is 3.03. The molecule has 0 saturated carbocycles. The number of carbonyl (C=O) groups is 1. The minimum Gasteiger partial charge on any atom is -0.352 e. The van der Waals surface area contributed by atoms with E-state index in [4.69, 9.17) is 9.97 Å². The van der Waals surface area contributed by atoms with Gasteiger partial charge in [0.25, 0.3) is 0 Å². The van der Waals surface area contributed by atoms with Crippen molar-refractivity contribution in [1.82, 2.24) is 19.8 Å². The van der Waals surface area contributed by atoms with Gasteiger partial charge in [0.05, 0.1) is 5.39 Å². The number of amides is 1. The molecule has 0 aromatic carbocycles. The van der Waals surface area contributed by atoms with Crippen LogP contribution in [0.5, 0.6) is 0 Å². The SMILES string of the molecule is CCN1CCc2c(sc3nc(C)nc(N4CCN(C(=O)CC(C)(C)C)CC4)c23)C1. The molecule has 158 valence electrons. The molecule has 0 aliphatic carbocycles. The van der Waals surface area contributed by atoms with Crippen LogP contribution >= 0.6 is 11.3 Å². The van der Waals surface area contributed by atoms with Gasteiger partial charge in [-0.1, -0.05) is 27.7 Å². The Balaban J connectivity index is 1.57. The van der Waals surface area contributed by atoms with E-state index >= 15 is 0 Å². The van der Waals surface area contributed by atoms with Crippen LogP contribution in [0, 0.1) is 12.3 Å². The Labute approximate surface area is 177 Å². The molecule has 0 atom stereocenters. The number of hydrogen-bond donors (Lipinski definition) is 0. The number of piperazine rings is 1. The highest BCUT2D eigenvalue weighted by Crippen LogP contribution is 2.39. The van der Waals surface area contributed by atoms with Crippen molar-refractivity contribution in [1.29, 1.82) is 0 Å². The fraction of sp³-hybridized carbons (Fsp3) is 0.682. The molecule has 0 N–H and O–H groups in total. The van der Waals surface area contributed by atoms with Crippen LogP contribution in [0.3, 0.4) is 0 Å². The van der Waals surface area contributed by atoms with Gasteiger partial charge in [0.1, 0.15) is 16.5 Å². The summed E-state index contributed by atoms with van der Waals surface area (Å²) >= 11 is 1.84. The first-order valence-electron chi connectivity index (χ1n) is 10.8. The van der Waals surface area contributed by atoms with Crippen molar-refractivity contribution in [2.75, 3.05) is 44.2 Å². The Morgan fingerprint density at radius 1 is 1.10 bits per heavy atom. The van der Waals surface area contributed by atoms with Crippen molar-refractivity contribution in [3.8, 4) is 0 Å². The predicted octanol–water partition coefficient (Wildman–Crippen LogP) is 3.46. The Morgan fingerprint density at radius 3 is 2.48 bits per heavy atom. The summed E-state index contributed by atoms with van der Waals surface area (Å²) < 4.78 is 0. The molecule has 4 rings (SSSR count). The molecule has 1 saturated heterocycles. The lowest BCUT2D eigenvalue weighted by atomic mass is 9.91. The number of fused-ring (bicyclic) bond motifs is 3. The van der Waals surface area contributed by atoms with Crippen LogP contribution in [-0.4, -0.2) is 64.9 Å². The maximum absolute atomic E-state index is 12.6. The molecule has 29 heavy (non-hydrogen) atoms. The maximum atomic E-state index is 12.6. The molecule has 2 aliphatic rings. The number of nitrogens with zero attached hydrogens (tertiary/aromatic N) is 5. The second-order valence-electron chi connectivity index (χ2n) is 9.50. The van der Waals surface area contributed by atoms with E-state index in [1.165, 1.54) is 15.8 Å². The van der Waals surface area contributed by atoms with Gasteiger partial charge in [-0.2, -0.15) is 0 Å². The summed E-state index contributed by atoms with van der Waals surface area (Å²) in [6, 6.07) is 0. The Hall–Kier alpha value is -1.73. The zero-order valence-corrected chi connectivity index (χ0v) is 19.2. The third-order valence-corrected chi connectivity index (χ3v) is 7.04. The Bertz CT molecular complexity index is 908. The standard InChI is InChI=1S/C22H33N5OS/c1-6-25-8-7-16-17(14-25)29-21-19(16)20(23-15(2)24-21)27-11-9-26(10-12-27)18(28)13-22(3,4)5/h6-14H2,1-5H3. The van der Waals surface area contributed by atoms with E-state index in [9.17, 15) is 4.79 Å². The molecule has 0 bridgehead atoms. The van der Waals surface area contributed by atoms with Gasteiger partial charge in [0, 0.05) is 50.6 Å². The van der Waals surface area contributed by atoms with Crippen LogP contribution in [0.1, 0.15) is 50.4 Å². The molecule has 0 unspecified atom stereocenters. The molecule has 2 aromatic rings. The van der Waals surface area contributed by atoms with Crippen LogP contribution in [0.2, 0.25) is 0 Å². The van der Waals surface area contributed by atoms with Gasteiger partial charge in [-0.05, 0) is 30.9 Å². The summed E-state index contributed by atoms with van der Waals surface area (Å²) in [5, 5.41) is 1.26. The van der Waals surface area contributed by atoms with Crippen LogP contribution < -0.4 is 4.90 Å². The number of carbonyl (C=O) groups excluding carboxylic acids is 1. The second kappa shape index (κ2) is 7.84. The van der Waals surface area contributed by atoms with E-state index in [-0.39, 0.29) is 11.3 Å². The van der Waals surface area contributed by atoms with Crippen molar-refractivity contribution < 1.29 is 4.79 Å². The first-order valence-corrected chi connectivity index (χ1v) is 11.6. The molecule has 1 fully saturated rings. The van der Waals surface area contributed by atoms with Crippen LogP contribution in [-0.2, 0) is 17.8 Å². The molecule has 0 radical (unpaired) electrons. The van der Waals surface area contributed by atoms with Gasteiger partial charge >= 0.3 is 0 Å². The summed E-state index contributed by atoms with van der Waals surface area (Å²) in [6.45, 7) is 17.1. The third kappa shape index (κ3) is 4.26. The fourth-order valence-corrected chi connectivity index (χ4v) is 5.67. The average molecular weight is 416 g/mol. The van der Waals surface area contributed by atoms with Gasteiger partial charge in [0.15, 0.2) is 0 Å². The molecular formula is C22H33N5OS. The molecule has 6 nitrogen and oxygen atoms in total. The highest BCUT2D eigenvalue weighted by molar-refractivity contribution is 7.19. The second-order valence-corrected chi connectivity index (χ2v) is 10.6. The predicted molar refractivity (Wildman–Crippen MR) is 120 cm³/mol. The minimum absolute atomic E-state index is 0.0340. The van der Waals surface area contributed by atoms with Crippen molar-refractivity contribution in [3.05, 3.63) is 16.3 Å². The number of anilines is 1. The zero-order valence-electron chi connectivity index (χ0n) is 18.4. The molecule has 0 spiro atoms. The zero-order chi connectivity index (χ0) is 20.8. The van der Waals surface area contributed by atoms with Crippen molar-refractivity contribution in [2.24, 2.45) is 5.41 Å². The third-order valence-electron chi connectivity index (χ3n) is 5.93. The number of likely N-dealkylation sites (N-methyl/N-ethyl adjacent to an activating group) is 1. The summed E-state index contributed by atoms with van der Waals surface area (Å²) in [4.78, 5) is 31.7. The summed E-state index contributed by atoms with van der Waals surface area (Å²) in [5.74, 6) is 2.19. The molecular weight excluding hydrogens is 382 g/mol. The van der Waals surface area contributed by atoms with E-state index in [1.807, 2.05) is 23.2 Å². The fourth-order valence-electron chi connectivity index (χ4n) is 4.36. The molecule has 7 heteroatoms. The van der Waals surface area contributed by atoms with Gasteiger partial charge in [0.2, 0.25) is 5.91 Å².